The van der Waals surface area contributed by atoms with Crippen molar-refractivity contribution < 1.29 is 23.8 Å². The summed E-state index contributed by atoms with van der Waals surface area (Å²) in [4.78, 5) is 24.0. The maximum atomic E-state index is 12.3. The lowest BCUT2D eigenvalue weighted by molar-refractivity contribution is -0.145. The third kappa shape index (κ3) is 5.75. The van der Waals surface area contributed by atoms with Crippen LogP contribution >= 0.6 is 0 Å². The van der Waals surface area contributed by atoms with Crippen LogP contribution in [0.3, 0.4) is 0 Å². The molecule has 0 aromatic heterocycles. The van der Waals surface area contributed by atoms with Crippen LogP contribution in [-0.4, -0.2) is 31.3 Å². The van der Waals surface area contributed by atoms with Crippen LogP contribution in [0.1, 0.15) is 69.7 Å². The van der Waals surface area contributed by atoms with Crippen molar-refractivity contribution in [2.75, 3.05) is 13.2 Å². The molecule has 0 N–H and O–H groups in total. The number of hydrogen-bond donors (Lipinski definition) is 0. The van der Waals surface area contributed by atoms with Crippen LogP contribution in [0.5, 0.6) is 5.75 Å². The standard InChI is InChI=1S/C21H30O5/c1-4-5-6-7-8-9-14-24-17-12-10-16(11-13-17)19(22)26-18-20(23)25-15-21(18,2)3/h10-13,18H,4-9,14-15H2,1-3H3. The van der Waals surface area contributed by atoms with Gasteiger partial charge in [0.05, 0.1) is 12.2 Å². The molecule has 2 rings (SSSR count). The second kappa shape index (κ2) is 9.60. The number of ether oxygens (including phenoxy) is 3. The van der Waals surface area contributed by atoms with Crippen molar-refractivity contribution in [2.24, 2.45) is 5.41 Å². The fourth-order valence-electron chi connectivity index (χ4n) is 2.87. The Labute approximate surface area is 156 Å². The predicted octanol–water partition coefficient (Wildman–Crippen LogP) is 4.53. The van der Waals surface area contributed by atoms with E-state index in [1.54, 1.807) is 24.3 Å². The van der Waals surface area contributed by atoms with Crippen molar-refractivity contribution in [1.29, 1.82) is 0 Å². The molecule has 1 heterocycles. The Morgan fingerprint density at radius 3 is 2.38 bits per heavy atom. The SMILES string of the molecule is CCCCCCCCOc1ccc(C(=O)OC2C(=O)OCC2(C)C)cc1. The molecular formula is C21H30O5. The van der Waals surface area contributed by atoms with Crippen LogP contribution in [0.4, 0.5) is 0 Å². The van der Waals surface area contributed by atoms with E-state index in [2.05, 4.69) is 6.92 Å². The first-order valence-corrected chi connectivity index (χ1v) is 9.54. The van der Waals surface area contributed by atoms with E-state index in [1.807, 2.05) is 13.8 Å². The van der Waals surface area contributed by atoms with Gasteiger partial charge in [0, 0.05) is 5.41 Å². The number of unbranched alkanes of at least 4 members (excludes halogenated alkanes) is 5. The minimum Gasteiger partial charge on any atom is -0.494 e. The van der Waals surface area contributed by atoms with E-state index >= 15 is 0 Å². The van der Waals surface area contributed by atoms with Gasteiger partial charge >= 0.3 is 11.9 Å². The number of hydrogen-bond acceptors (Lipinski definition) is 5. The highest BCUT2D eigenvalue weighted by atomic mass is 16.6. The third-order valence-corrected chi connectivity index (χ3v) is 4.59. The molecule has 0 bridgehead atoms. The topological polar surface area (TPSA) is 61.8 Å². The fourth-order valence-corrected chi connectivity index (χ4v) is 2.87. The summed E-state index contributed by atoms with van der Waals surface area (Å²) >= 11 is 0. The summed E-state index contributed by atoms with van der Waals surface area (Å²) in [6, 6.07) is 6.83. The Morgan fingerprint density at radius 2 is 1.77 bits per heavy atom. The van der Waals surface area contributed by atoms with Crippen molar-refractivity contribution in [2.45, 2.75) is 65.4 Å². The molecule has 1 aliphatic heterocycles. The lowest BCUT2D eigenvalue weighted by Crippen LogP contribution is -2.34. The average molecular weight is 362 g/mol. The van der Waals surface area contributed by atoms with Crippen molar-refractivity contribution in [3.8, 4) is 5.75 Å². The Kier molecular flexibility index (Phi) is 7.49. The molecule has 1 aromatic rings. The Balaban J connectivity index is 1.76. The number of cyclic esters (lactones) is 1. The molecule has 1 saturated heterocycles. The van der Waals surface area contributed by atoms with Gasteiger partial charge in [0.1, 0.15) is 12.4 Å². The molecule has 1 fully saturated rings. The second-order valence-corrected chi connectivity index (χ2v) is 7.52. The van der Waals surface area contributed by atoms with Gasteiger partial charge in [-0.25, -0.2) is 9.59 Å². The van der Waals surface area contributed by atoms with E-state index in [9.17, 15) is 9.59 Å². The minimum atomic E-state index is -0.862. The summed E-state index contributed by atoms with van der Waals surface area (Å²) < 4.78 is 16.0. The zero-order chi connectivity index (χ0) is 19.0. The molecule has 1 aromatic carbocycles. The highest BCUT2D eigenvalue weighted by Crippen LogP contribution is 2.31. The van der Waals surface area contributed by atoms with Crippen LogP contribution in [0.2, 0.25) is 0 Å². The lowest BCUT2D eigenvalue weighted by Gasteiger charge is -2.21. The smallest absolute Gasteiger partial charge is 0.348 e. The molecule has 0 amide bonds. The van der Waals surface area contributed by atoms with Crippen LogP contribution in [0, 0.1) is 5.41 Å². The third-order valence-electron chi connectivity index (χ3n) is 4.59. The van der Waals surface area contributed by atoms with E-state index < -0.39 is 23.5 Å². The summed E-state index contributed by atoms with van der Waals surface area (Å²) in [5.41, 5.74) is -0.111. The van der Waals surface area contributed by atoms with Crippen LogP contribution in [0.15, 0.2) is 24.3 Å². The van der Waals surface area contributed by atoms with Gasteiger partial charge in [0.25, 0.3) is 0 Å². The number of carbonyl (C=O) groups excluding carboxylic acids is 2. The maximum Gasteiger partial charge on any atom is 0.348 e. The molecular weight excluding hydrogens is 332 g/mol. The summed E-state index contributed by atoms with van der Waals surface area (Å²) in [5, 5.41) is 0. The van der Waals surface area contributed by atoms with Gasteiger partial charge in [-0.05, 0) is 30.7 Å². The normalized spacial score (nSPS) is 18.4. The highest BCUT2D eigenvalue weighted by Gasteiger charge is 2.46. The highest BCUT2D eigenvalue weighted by molar-refractivity contribution is 5.92. The van der Waals surface area contributed by atoms with Crippen molar-refractivity contribution >= 4 is 11.9 Å². The van der Waals surface area contributed by atoms with Crippen LogP contribution in [0.25, 0.3) is 0 Å². The molecule has 5 heteroatoms. The Bertz CT molecular complexity index is 591. The van der Waals surface area contributed by atoms with Crippen LogP contribution in [-0.2, 0) is 14.3 Å². The van der Waals surface area contributed by atoms with Gasteiger partial charge < -0.3 is 14.2 Å². The summed E-state index contributed by atoms with van der Waals surface area (Å²) in [7, 11) is 0. The number of esters is 2. The summed E-state index contributed by atoms with van der Waals surface area (Å²) in [6.07, 6.45) is 6.45. The second-order valence-electron chi connectivity index (χ2n) is 7.52. The number of carbonyl (C=O) groups is 2. The zero-order valence-electron chi connectivity index (χ0n) is 16.1. The van der Waals surface area contributed by atoms with Gasteiger partial charge in [0.15, 0.2) is 0 Å². The average Bonchev–Trinajstić information content (AvgIpc) is 2.88. The maximum absolute atomic E-state index is 12.3. The first-order valence-electron chi connectivity index (χ1n) is 9.54. The fraction of sp³-hybridized carbons (Fsp3) is 0.619. The molecule has 26 heavy (non-hydrogen) atoms. The Morgan fingerprint density at radius 1 is 1.12 bits per heavy atom. The van der Waals surface area contributed by atoms with Gasteiger partial charge in [0.2, 0.25) is 6.10 Å². The molecule has 0 aliphatic carbocycles. The largest absolute Gasteiger partial charge is 0.494 e. The van der Waals surface area contributed by atoms with Gasteiger partial charge in [-0.1, -0.05) is 52.9 Å². The quantitative estimate of drug-likeness (QED) is 0.452. The van der Waals surface area contributed by atoms with Gasteiger partial charge in [-0.2, -0.15) is 0 Å². The van der Waals surface area contributed by atoms with E-state index in [0.717, 1.165) is 12.2 Å². The molecule has 0 radical (unpaired) electrons. The van der Waals surface area contributed by atoms with Crippen molar-refractivity contribution in [3.63, 3.8) is 0 Å². The van der Waals surface area contributed by atoms with Gasteiger partial charge in [-0.3, -0.25) is 0 Å². The molecule has 5 nitrogen and oxygen atoms in total. The van der Waals surface area contributed by atoms with Crippen LogP contribution < -0.4 is 4.74 Å². The molecule has 0 spiro atoms. The minimum absolute atomic E-state index is 0.259. The molecule has 0 saturated carbocycles. The number of rotatable bonds is 10. The van der Waals surface area contributed by atoms with Gasteiger partial charge in [-0.15, -0.1) is 0 Å². The summed E-state index contributed by atoms with van der Waals surface area (Å²) in [6.45, 7) is 6.83. The van der Waals surface area contributed by atoms with E-state index in [1.165, 1.54) is 32.1 Å². The van der Waals surface area contributed by atoms with E-state index in [4.69, 9.17) is 14.2 Å². The zero-order valence-corrected chi connectivity index (χ0v) is 16.1. The number of benzene rings is 1. The monoisotopic (exact) mass is 362 g/mol. The van der Waals surface area contributed by atoms with E-state index in [0.29, 0.717) is 12.2 Å². The van der Waals surface area contributed by atoms with Crippen molar-refractivity contribution in [3.05, 3.63) is 29.8 Å². The lowest BCUT2D eigenvalue weighted by atomic mass is 9.90. The first kappa shape index (κ1) is 20.3. The van der Waals surface area contributed by atoms with Crippen molar-refractivity contribution in [1.82, 2.24) is 0 Å². The molecule has 1 unspecified atom stereocenters. The Hall–Kier alpha value is -2.04. The summed E-state index contributed by atoms with van der Waals surface area (Å²) in [5.74, 6) is -0.276. The molecule has 1 atom stereocenters. The molecule has 144 valence electrons. The molecule has 1 aliphatic rings. The first-order chi connectivity index (χ1) is 12.4. The van der Waals surface area contributed by atoms with E-state index in [-0.39, 0.29) is 6.61 Å². The predicted molar refractivity (Wildman–Crippen MR) is 99.3 cm³/mol.